The Morgan fingerprint density at radius 3 is 2.25 bits per heavy atom. The van der Waals surface area contributed by atoms with Gasteiger partial charge in [0.2, 0.25) is 5.91 Å². The minimum absolute atomic E-state index is 0.112. The van der Waals surface area contributed by atoms with Gasteiger partial charge >= 0.3 is 0 Å². The van der Waals surface area contributed by atoms with Crippen LogP contribution < -0.4 is 5.73 Å². The number of hydrogen-bond donors (Lipinski definition) is 1. The van der Waals surface area contributed by atoms with Gasteiger partial charge in [0.15, 0.2) is 0 Å². The van der Waals surface area contributed by atoms with E-state index >= 15 is 0 Å². The second-order valence-electron chi connectivity index (χ2n) is 5.60. The maximum absolute atomic E-state index is 11.8. The molecule has 1 amide bonds. The highest BCUT2D eigenvalue weighted by atomic mass is 16.2. The van der Waals surface area contributed by atoms with Crippen molar-refractivity contribution in [3.8, 4) is 0 Å². The van der Waals surface area contributed by atoms with E-state index in [0.29, 0.717) is 5.41 Å². The fourth-order valence-electron chi connectivity index (χ4n) is 3.06. The normalized spacial score (nSPS) is 27.3. The van der Waals surface area contributed by atoms with Crippen LogP contribution >= 0.6 is 0 Å². The van der Waals surface area contributed by atoms with Gasteiger partial charge in [0, 0.05) is 19.6 Å². The summed E-state index contributed by atoms with van der Waals surface area (Å²) < 4.78 is 0. The zero-order chi connectivity index (χ0) is 11.8. The number of nitrogens with zero attached hydrogens (tertiary/aromatic N) is 2. The van der Waals surface area contributed by atoms with Crippen molar-refractivity contribution in [1.82, 2.24) is 9.80 Å². The monoisotopic (exact) mass is 225 g/mol. The Bertz CT molecular complexity index is 269. The van der Waals surface area contributed by atoms with Gasteiger partial charge in [-0.1, -0.05) is 0 Å². The van der Waals surface area contributed by atoms with Crippen molar-refractivity contribution >= 4 is 5.91 Å². The van der Waals surface area contributed by atoms with E-state index in [9.17, 15) is 4.79 Å². The van der Waals surface area contributed by atoms with Gasteiger partial charge in [-0.25, -0.2) is 0 Å². The van der Waals surface area contributed by atoms with Gasteiger partial charge in [0.1, 0.15) is 0 Å². The fraction of sp³-hybridized carbons (Fsp3) is 0.917. The van der Waals surface area contributed by atoms with Crippen LogP contribution in [0.3, 0.4) is 0 Å². The summed E-state index contributed by atoms with van der Waals surface area (Å²) in [5.41, 5.74) is 6.12. The maximum atomic E-state index is 11.8. The zero-order valence-corrected chi connectivity index (χ0v) is 10.4. The molecule has 4 heteroatoms. The number of piperidine rings is 1. The number of likely N-dealkylation sites (tertiary alicyclic amines) is 2. The Morgan fingerprint density at radius 2 is 1.81 bits per heavy atom. The van der Waals surface area contributed by atoms with E-state index < -0.39 is 0 Å². The molecule has 0 aromatic rings. The Labute approximate surface area is 97.8 Å². The van der Waals surface area contributed by atoms with E-state index in [0.717, 1.165) is 25.9 Å². The zero-order valence-electron chi connectivity index (χ0n) is 10.4. The molecule has 2 saturated heterocycles. The van der Waals surface area contributed by atoms with Crippen LogP contribution in [0.4, 0.5) is 0 Å². The number of hydrogen-bond acceptors (Lipinski definition) is 3. The molecule has 2 fully saturated rings. The first-order valence-corrected chi connectivity index (χ1v) is 6.25. The lowest BCUT2D eigenvalue weighted by Crippen LogP contribution is -2.48. The number of carbonyl (C=O) groups excluding carboxylic acids is 1. The summed E-state index contributed by atoms with van der Waals surface area (Å²) in [7, 11) is 2.19. The van der Waals surface area contributed by atoms with Crippen molar-refractivity contribution in [2.45, 2.75) is 32.2 Å². The molecule has 0 unspecified atom stereocenters. The van der Waals surface area contributed by atoms with E-state index in [4.69, 9.17) is 5.73 Å². The first-order valence-electron chi connectivity index (χ1n) is 6.25. The Hall–Kier alpha value is -0.610. The molecule has 2 aliphatic heterocycles. The van der Waals surface area contributed by atoms with Gasteiger partial charge in [-0.15, -0.1) is 0 Å². The van der Waals surface area contributed by atoms with Crippen molar-refractivity contribution in [2.75, 3.05) is 33.2 Å². The lowest BCUT2D eigenvalue weighted by molar-refractivity contribution is -0.134. The van der Waals surface area contributed by atoms with Gasteiger partial charge in [0.25, 0.3) is 0 Å². The van der Waals surface area contributed by atoms with Crippen molar-refractivity contribution in [3.05, 3.63) is 0 Å². The molecule has 2 N–H and O–H groups in total. The molecule has 1 spiro atoms. The lowest BCUT2D eigenvalue weighted by Gasteiger charge is -2.39. The molecular weight excluding hydrogens is 202 g/mol. The first kappa shape index (κ1) is 11.9. The minimum atomic E-state index is -0.347. The van der Waals surface area contributed by atoms with Crippen LogP contribution in [-0.4, -0.2) is 55.0 Å². The van der Waals surface area contributed by atoms with E-state index in [1.54, 1.807) is 6.92 Å². The molecule has 92 valence electrons. The molecule has 2 aliphatic rings. The Morgan fingerprint density at radius 1 is 1.25 bits per heavy atom. The third-order valence-corrected chi connectivity index (χ3v) is 4.15. The van der Waals surface area contributed by atoms with E-state index in [2.05, 4.69) is 11.9 Å². The summed E-state index contributed by atoms with van der Waals surface area (Å²) in [6.07, 6.45) is 3.59. The summed E-state index contributed by atoms with van der Waals surface area (Å²) in [5, 5.41) is 0. The largest absolute Gasteiger partial charge is 0.341 e. The first-order chi connectivity index (χ1) is 7.52. The Kier molecular flexibility index (Phi) is 3.22. The number of carbonyl (C=O) groups is 1. The molecule has 0 aliphatic carbocycles. The number of nitrogens with two attached hydrogens (primary N) is 1. The summed E-state index contributed by atoms with van der Waals surface area (Å²) in [6, 6.07) is -0.347. The van der Waals surface area contributed by atoms with E-state index in [1.165, 1.54) is 19.5 Å². The second-order valence-corrected chi connectivity index (χ2v) is 5.60. The highest BCUT2D eigenvalue weighted by molar-refractivity contribution is 5.81. The predicted molar refractivity (Wildman–Crippen MR) is 64.0 cm³/mol. The van der Waals surface area contributed by atoms with Crippen LogP contribution in [0.1, 0.15) is 26.2 Å². The molecule has 0 saturated carbocycles. The topological polar surface area (TPSA) is 49.6 Å². The SMILES string of the molecule is C[C@@H](N)C(=O)N1CCC2(CCN(C)C2)CC1. The van der Waals surface area contributed by atoms with Crippen LogP contribution in [0.5, 0.6) is 0 Å². The second kappa shape index (κ2) is 4.34. The molecular formula is C12H23N3O. The molecule has 4 nitrogen and oxygen atoms in total. The Balaban J connectivity index is 1.90. The molecule has 2 heterocycles. The van der Waals surface area contributed by atoms with Crippen LogP contribution in [0, 0.1) is 5.41 Å². The van der Waals surface area contributed by atoms with E-state index in [1.807, 2.05) is 4.90 Å². The van der Waals surface area contributed by atoms with Crippen LogP contribution in [0.15, 0.2) is 0 Å². The quantitative estimate of drug-likeness (QED) is 0.697. The smallest absolute Gasteiger partial charge is 0.239 e. The van der Waals surface area contributed by atoms with Crippen molar-refractivity contribution in [2.24, 2.45) is 11.1 Å². The lowest BCUT2D eigenvalue weighted by atomic mass is 9.77. The van der Waals surface area contributed by atoms with Crippen molar-refractivity contribution < 1.29 is 4.79 Å². The third-order valence-electron chi connectivity index (χ3n) is 4.15. The average Bonchev–Trinajstić information content (AvgIpc) is 2.60. The van der Waals surface area contributed by atoms with Gasteiger partial charge < -0.3 is 15.5 Å². The minimum Gasteiger partial charge on any atom is -0.341 e. The molecule has 0 bridgehead atoms. The molecule has 2 rings (SSSR count). The maximum Gasteiger partial charge on any atom is 0.239 e. The fourth-order valence-corrected chi connectivity index (χ4v) is 3.06. The highest BCUT2D eigenvalue weighted by Crippen LogP contribution is 2.39. The standard InChI is InChI=1S/C12H23N3O/c1-10(13)11(16)15-7-4-12(5-8-15)3-6-14(2)9-12/h10H,3-9,13H2,1-2H3/t10-/m1/s1. The number of amides is 1. The highest BCUT2D eigenvalue weighted by Gasteiger charge is 2.40. The molecule has 0 aromatic heterocycles. The summed E-state index contributed by atoms with van der Waals surface area (Å²) in [6.45, 7) is 5.98. The molecule has 16 heavy (non-hydrogen) atoms. The average molecular weight is 225 g/mol. The van der Waals surface area contributed by atoms with Gasteiger partial charge in [-0.2, -0.15) is 0 Å². The van der Waals surface area contributed by atoms with E-state index in [-0.39, 0.29) is 11.9 Å². The van der Waals surface area contributed by atoms with Crippen molar-refractivity contribution in [3.63, 3.8) is 0 Å². The predicted octanol–water partition coefficient (Wildman–Crippen LogP) is 0.278. The summed E-state index contributed by atoms with van der Waals surface area (Å²) in [4.78, 5) is 16.1. The van der Waals surface area contributed by atoms with Crippen LogP contribution in [0.2, 0.25) is 0 Å². The molecule has 0 aromatic carbocycles. The molecule has 1 atom stereocenters. The third kappa shape index (κ3) is 2.23. The summed E-state index contributed by atoms with van der Waals surface area (Å²) >= 11 is 0. The van der Waals surface area contributed by atoms with Gasteiger partial charge in [-0.05, 0) is 45.2 Å². The van der Waals surface area contributed by atoms with Gasteiger partial charge in [-0.3, -0.25) is 4.79 Å². The van der Waals surface area contributed by atoms with Gasteiger partial charge in [0.05, 0.1) is 6.04 Å². The summed E-state index contributed by atoms with van der Waals surface area (Å²) in [5.74, 6) is 0.112. The molecule has 0 radical (unpaired) electrons. The number of rotatable bonds is 1. The van der Waals surface area contributed by atoms with Crippen LogP contribution in [0.25, 0.3) is 0 Å². The van der Waals surface area contributed by atoms with Crippen LogP contribution in [-0.2, 0) is 4.79 Å². The van der Waals surface area contributed by atoms with Crippen molar-refractivity contribution in [1.29, 1.82) is 0 Å².